The Morgan fingerprint density at radius 1 is 1.39 bits per heavy atom. The van der Waals surface area contributed by atoms with Crippen LogP contribution in [0.25, 0.3) is 0 Å². The standard InChI is InChI=1S/C12H16N2O4/c1-8-3-4-10(13-7-8)14(6-5-11(15)16)9(2)12(17)18/h3-4,7,9H,5-6H2,1-2H3,(H,15,16)(H,17,18). The summed E-state index contributed by atoms with van der Waals surface area (Å²) in [7, 11) is 0. The van der Waals surface area contributed by atoms with E-state index in [1.165, 1.54) is 11.8 Å². The quantitative estimate of drug-likeness (QED) is 0.789. The lowest BCUT2D eigenvalue weighted by Crippen LogP contribution is -2.40. The third-order valence-electron chi connectivity index (χ3n) is 2.58. The van der Waals surface area contributed by atoms with E-state index in [1.807, 2.05) is 13.0 Å². The van der Waals surface area contributed by atoms with Crippen molar-refractivity contribution in [1.29, 1.82) is 0 Å². The summed E-state index contributed by atoms with van der Waals surface area (Å²) in [6, 6.07) is 2.68. The first-order valence-corrected chi connectivity index (χ1v) is 5.55. The van der Waals surface area contributed by atoms with Gasteiger partial charge in [0.15, 0.2) is 0 Å². The fourth-order valence-corrected chi connectivity index (χ4v) is 1.49. The molecule has 0 aromatic carbocycles. The maximum Gasteiger partial charge on any atom is 0.326 e. The molecule has 0 fully saturated rings. The lowest BCUT2D eigenvalue weighted by molar-refractivity contribution is -0.139. The minimum absolute atomic E-state index is 0.110. The van der Waals surface area contributed by atoms with Crippen molar-refractivity contribution in [3.63, 3.8) is 0 Å². The number of aryl methyl sites for hydroxylation is 1. The summed E-state index contributed by atoms with van der Waals surface area (Å²) in [6.45, 7) is 3.49. The van der Waals surface area contributed by atoms with Crippen LogP contribution in [0.5, 0.6) is 0 Å². The molecule has 0 amide bonds. The van der Waals surface area contributed by atoms with Gasteiger partial charge in [0.2, 0.25) is 0 Å². The van der Waals surface area contributed by atoms with Gasteiger partial charge < -0.3 is 15.1 Å². The highest BCUT2D eigenvalue weighted by Crippen LogP contribution is 2.15. The van der Waals surface area contributed by atoms with E-state index in [1.54, 1.807) is 12.3 Å². The summed E-state index contributed by atoms with van der Waals surface area (Å²) in [4.78, 5) is 27.2. The van der Waals surface area contributed by atoms with Crippen LogP contribution in [0.3, 0.4) is 0 Å². The van der Waals surface area contributed by atoms with Crippen LogP contribution >= 0.6 is 0 Å². The first kappa shape index (κ1) is 14.0. The summed E-state index contributed by atoms with van der Waals surface area (Å²) >= 11 is 0. The number of carboxylic acids is 2. The van der Waals surface area contributed by atoms with Gasteiger partial charge in [-0.05, 0) is 25.5 Å². The fraction of sp³-hybridized carbons (Fsp3) is 0.417. The van der Waals surface area contributed by atoms with Crippen LogP contribution in [-0.2, 0) is 9.59 Å². The molecule has 18 heavy (non-hydrogen) atoms. The molecule has 6 heteroatoms. The van der Waals surface area contributed by atoms with Crippen molar-refractivity contribution in [2.24, 2.45) is 0 Å². The second kappa shape index (κ2) is 6.00. The summed E-state index contributed by atoms with van der Waals surface area (Å²) in [6.07, 6.45) is 1.49. The van der Waals surface area contributed by atoms with Gasteiger partial charge in [0.25, 0.3) is 0 Å². The molecule has 1 aromatic rings. The van der Waals surface area contributed by atoms with Crippen LogP contribution in [0.15, 0.2) is 18.3 Å². The lowest BCUT2D eigenvalue weighted by atomic mass is 10.2. The average molecular weight is 252 g/mol. The molecule has 0 saturated heterocycles. The van der Waals surface area contributed by atoms with Crippen molar-refractivity contribution in [2.75, 3.05) is 11.4 Å². The van der Waals surface area contributed by atoms with E-state index >= 15 is 0 Å². The molecule has 2 N–H and O–H groups in total. The minimum atomic E-state index is -1.01. The largest absolute Gasteiger partial charge is 0.481 e. The Labute approximate surface area is 105 Å². The summed E-state index contributed by atoms with van der Waals surface area (Å²) in [5.74, 6) is -1.51. The highest BCUT2D eigenvalue weighted by molar-refractivity contribution is 5.77. The van der Waals surface area contributed by atoms with E-state index in [0.717, 1.165) is 5.56 Å². The van der Waals surface area contributed by atoms with Crippen molar-refractivity contribution in [3.8, 4) is 0 Å². The third-order valence-corrected chi connectivity index (χ3v) is 2.58. The van der Waals surface area contributed by atoms with Crippen LogP contribution in [0.2, 0.25) is 0 Å². The molecule has 1 rings (SSSR count). The number of hydrogen-bond donors (Lipinski definition) is 2. The maximum atomic E-state index is 11.0. The Morgan fingerprint density at radius 3 is 2.50 bits per heavy atom. The average Bonchev–Trinajstić information content (AvgIpc) is 2.30. The number of pyridine rings is 1. The normalized spacial score (nSPS) is 11.9. The van der Waals surface area contributed by atoms with E-state index in [-0.39, 0.29) is 13.0 Å². The molecule has 0 aliphatic carbocycles. The number of aliphatic carboxylic acids is 2. The second-order valence-corrected chi connectivity index (χ2v) is 4.05. The number of rotatable bonds is 6. The topological polar surface area (TPSA) is 90.7 Å². The van der Waals surface area contributed by atoms with Gasteiger partial charge in [0.05, 0.1) is 6.42 Å². The Balaban J connectivity index is 2.92. The van der Waals surface area contributed by atoms with Crippen LogP contribution in [0.4, 0.5) is 5.82 Å². The summed E-state index contributed by atoms with van der Waals surface area (Å²) in [5, 5.41) is 17.7. The van der Waals surface area contributed by atoms with Crippen LogP contribution in [-0.4, -0.2) is 39.7 Å². The number of carbonyl (C=O) groups is 2. The molecule has 0 bridgehead atoms. The smallest absolute Gasteiger partial charge is 0.326 e. The van der Waals surface area contributed by atoms with Gasteiger partial charge in [0, 0.05) is 12.7 Å². The summed E-state index contributed by atoms with van der Waals surface area (Å²) < 4.78 is 0. The van der Waals surface area contributed by atoms with Crippen molar-refractivity contribution >= 4 is 17.8 Å². The number of aromatic nitrogens is 1. The lowest BCUT2D eigenvalue weighted by Gasteiger charge is -2.27. The highest BCUT2D eigenvalue weighted by Gasteiger charge is 2.22. The van der Waals surface area contributed by atoms with Crippen molar-refractivity contribution in [2.45, 2.75) is 26.3 Å². The molecule has 98 valence electrons. The van der Waals surface area contributed by atoms with Gasteiger partial charge in [-0.3, -0.25) is 4.79 Å². The number of nitrogens with zero attached hydrogens (tertiary/aromatic N) is 2. The van der Waals surface area contributed by atoms with Crippen molar-refractivity contribution in [1.82, 2.24) is 4.98 Å². The molecule has 6 nitrogen and oxygen atoms in total. The van der Waals surface area contributed by atoms with E-state index < -0.39 is 18.0 Å². The third kappa shape index (κ3) is 3.73. The SMILES string of the molecule is Cc1ccc(N(CCC(=O)O)C(C)C(=O)O)nc1. The predicted octanol–water partition coefficient (Wildman–Crippen LogP) is 1.14. The molecule has 1 aromatic heterocycles. The monoisotopic (exact) mass is 252 g/mol. The van der Waals surface area contributed by atoms with Crippen LogP contribution < -0.4 is 4.90 Å². The molecule has 0 saturated carbocycles. The van der Waals surface area contributed by atoms with Gasteiger partial charge in [-0.25, -0.2) is 9.78 Å². The fourth-order valence-electron chi connectivity index (χ4n) is 1.49. The molecule has 1 unspecified atom stereocenters. The predicted molar refractivity (Wildman–Crippen MR) is 65.7 cm³/mol. The van der Waals surface area contributed by atoms with E-state index in [2.05, 4.69) is 4.98 Å². The molecular formula is C12H16N2O4. The highest BCUT2D eigenvalue weighted by atomic mass is 16.4. The van der Waals surface area contributed by atoms with E-state index in [0.29, 0.717) is 5.82 Å². The van der Waals surface area contributed by atoms with Crippen LogP contribution in [0.1, 0.15) is 18.9 Å². The maximum absolute atomic E-state index is 11.0. The second-order valence-electron chi connectivity index (χ2n) is 4.05. The first-order valence-electron chi connectivity index (χ1n) is 5.55. The first-order chi connectivity index (χ1) is 8.41. The van der Waals surface area contributed by atoms with Gasteiger partial charge in [-0.1, -0.05) is 6.07 Å². The molecule has 0 spiro atoms. The molecule has 0 aliphatic heterocycles. The van der Waals surface area contributed by atoms with Gasteiger partial charge in [-0.2, -0.15) is 0 Å². The van der Waals surface area contributed by atoms with Gasteiger partial charge in [-0.15, -0.1) is 0 Å². The Morgan fingerprint density at radius 2 is 2.06 bits per heavy atom. The molecular weight excluding hydrogens is 236 g/mol. The Kier molecular flexibility index (Phi) is 4.65. The minimum Gasteiger partial charge on any atom is -0.481 e. The molecule has 1 heterocycles. The zero-order valence-corrected chi connectivity index (χ0v) is 10.3. The van der Waals surface area contributed by atoms with Crippen LogP contribution in [0, 0.1) is 6.92 Å². The number of hydrogen-bond acceptors (Lipinski definition) is 4. The van der Waals surface area contributed by atoms with E-state index in [4.69, 9.17) is 10.2 Å². The molecule has 1 atom stereocenters. The number of anilines is 1. The van der Waals surface area contributed by atoms with Gasteiger partial charge in [0.1, 0.15) is 11.9 Å². The summed E-state index contributed by atoms with van der Waals surface area (Å²) in [5.41, 5.74) is 0.958. The Bertz CT molecular complexity index is 430. The molecule has 0 aliphatic rings. The Hall–Kier alpha value is -2.11. The zero-order valence-electron chi connectivity index (χ0n) is 10.3. The van der Waals surface area contributed by atoms with Crippen molar-refractivity contribution < 1.29 is 19.8 Å². The van der Waals surface area contributed by atoms with E-state index in [9.17, 15) is 9.59 Å². The van der Waals surface area contributed by atoms with Crippen molar-refractivity contribution in [3.05, 3.63) is 23.9 Å². The number of carboxylic acid groups (broad SMARTS) is 2. The van der Waals surface area contributed by atoms with Gasteiger partial charge >= 0.3 is 11.9 Å². The molecule has 0 radical (unpaired) electrons. The zero-order chi connectivity index (χ0) is 13.7.